The van der Waals surface area contributed by atoms with E-state index in [2.05, 4.69) is 21.2 Å². The molecule has 0 spiro atoms. The van der Waals surface area contributed by atoms with Crippen LogP contribution in [0.4, 0.5) is 0 Å². The highest BCUT2D eigenvalue weighted by molar-refractivity contribution is 9.10. The van der Waals surface area contributed by atoms with Gasteiger partial charge >= 0.3 is 0 Å². The predicted molar refractivity (Wildman–Crippen MR) is 85.0 cm³/mol. The molecule has 0 bridgehead atoms. The Bertz CT molecular complexity index is 474. The number of aliphatic hydroxyl groups excluding tert-OH is 1. The lowest BCUT2D eigenvalue weighted by atomic mass is 10.2. The number of rotatable bonds is 7. The second-order valence-electron chi connectivity index (χ2n) is 4.95. The summed E-state index contributed by atoms with van der Waals surface area (Å²) in [5.74, 6) is -0.425. The van der Waals surface area contributed by atoms with Gasteiger partial charge in [0.05, 0.1) is 6.54 Å². The first-order valence-corrected chi connectivity index (χ1v) is 7.69. The summed E-state index contributed by atoms with van der Waals surface area (Å²) in [6.45, 7) is 4.30. The first-order valence-electron chi connectivity index (χ1n) is 6.89. The molecular formula is C15H21BrN2O3. The largest absolute Gasteiger partial charge is 0.396 e. The Morgan fingerprint density at radius 3 is 2.43 bits per heavy atom. The van der Waals surface area contributed by atoms with Crippen molar-refractivity contribution in [2.45, 2.75) is 26.3 Å². The molecule has 0 aliphatic rings. The molecule has 21 heavy (non-hydrogen) atoms. The molecule has 0 saturated carbocycles. The lowest BCUT2D eigenvalue weighted by molar-refractivity contribution is -0.131. The summed E-state index contributed by atoms with van der Waals surface area (Å²) in [4.78, 5) is 25.7. The molecule has 1 aromatic rings. The SMILES string of the molecule is CC(C)N(CCCO)C(=O)CNC(=O)c1ccc(Br)cc1. The number of amides is 2. The zero-order valence-corrected chi connectivity index (χ0v) is 13.9. The molecule has 0 unspecified atom stereocenters. The summed E-state index contributed by atoms with van der Waals surface area (Å²) in [5.41, 5.74) is 0.512. The second kappa shape index (κ2) is 8.79. The minimum Gasteiger partial charge on any atom is -0.396 e. The van der Waals surface area contributed by atoms with Crippen molar-refractivity contribution in [3.8, 4) is 0 Å². The third-order valence-electron chi connectivity index (χ3n) is 3.01. The average molecular weight is 357 g/mol. The molecule has 0 atom stereocenters. The van der Waals surface area contributed by atoms with E-state index in [0.29, 0.717) is 18.5 Å². The number of benzene rings is 1. The van der Waals surface area contributed by atoms with E-state index in [-0.39, 0.29) is 31.0 Å². The summed E-state index contributed by atoms with van der Waals surface area (Å²) in [5, 5.41) is 11.5. The van der Waals surface area contributed by atoms with E-state index in [4.69, 9.17) is 5.11 Å². The van der Waals surface area contributed by atoms with Crippen LogP contribution in [0.15, 0.2) is 28.7 Å². The number of halogens is 1. The van der Waals surface area contributed by atoms with Crippen molar-refractivity contribution in [1.29, 1.82) is 0 Å². The maximum Gasteiger partial charge on any atom is 0.251 e. The molecule has 2 amide bonds. The number of hydrogen-bond acceptors (Lipinski definition) is 3. The van der Waals surface area contributed by atoms with Crippen LogP contribution in [0.2, 0.25) is 0 Å². The minimum absolute atomic E-state index is 0.0358. The molecule has 116 valence electrons. The van der Waals surface area contributed by atoms with Crippen LogP contribution in [-0.4, -0.2) is 47.6 Å². The lowest BCUT2D eigenvalue weighted by Gasteiger charge is -2.26. The van der Waals surface area contributed by atoms with E-state index in [1.165, 1.54) is 0 Å². The zero-order chi connectivity index (χ0) is 15.8. The first kappa shape index (κ1) is 17.7. The van der Waals surface area contributed by atoms with Gasteiger partial charge in [0.2, 0.25) is 5.91 Å². The minimum atomic E-state index is -0.276. The highest BCUT2D eigenvalue weighted by Crippen LogP contribution is 2.10. The standard InChI is InChI=1S/C15H21BrN2O3/c1-11(2)18(8-3-9-19)14(20)10-17-15(21)12-4-6-13(16)7-5-12/h4-7,11,19H,3,8-10H2,1-2H3,(H,17,21). The molecule has 0 aliphatic carbocycles. The molecular weight excluding hydrogens is 336 g/mol. The van der Waals surface area contributed by atoms with E-state index < -0.39 is 0 Å². The topological polar surface area (TPSA) is 69.6 Å². The number of nitrogens with zero attached hydrogens (tertiary/aromatic N) is 1. The molecule has 0 aromatic heterocycles. The van der Waals surface area contributed by atoms with Crippen LogP contribution in [0.1, 0.15) is 30.6 Å². The molecule has 6 heteroatoms. The highest BCUT2D eigenvalue weighted by atomic mass is 79.9. The zero-order valence-electron chi connectivity index (χ0n) is 12.3. The van der Waals surface area contributed by atoms with Gasteiger partial charge < -0.3 is 15.3 Å². The second-order valence-corrected chi connectivity index (χ2v) is 5.86. The van der Waals surface area contributed by atoms with Crippen LogP contribution in [0.3, 0.4) is 0 Å². The van der Waals surface area contributed by atoms with Crippen molar-refractivity contribution in [3.63, 3.8) is 0 Å². The van der Waals surface area contributed by atoms with Crippen LogP contribution in [0.5, 0.6) is 0 Å². The summed E-state index contributed by atoms with van der Waals surface area (Å²) in [6, 6.07) is 6.97. The Labute approximate surface area is 133 Å². The Morgan fingerprint density at radius 1 is 1.29 bits per heavy atom. The van der Waals surface area contributed by atoms with Gasteiger partial charge in [-0.25, -0.2) is 0 Å². The summed E-state index contributed by atoms with van der Waals surface area (Å²) in [7, 11) is 0. The fourth-order valence-electron chi connectivity index (χ4n) is 1.87. The number of nitrogens with one attached hydrogen (secondary N) is 1. The van der Waals surface area contributed by atoms with Crippen molar-refractivity contribution in [3.05, 3.63) is 34.3 Å². The number of carbonyl (C=O) groups is 2. The Hall–Kier alpha value is -1.40. The maximum atomic E-state index is 12.1. The van der Waals surface area contributed by atoms with E-state index in [1.54, 1.807) is 29.2 Å². The summed E-state index contributed by atoms with van der Waals surface area (Å²) in [6.07, 6.45) is 0.532. The van der Waals surface area contributed by atoms with Crippen molar-refractivity contribution in [2.75, 3.05) is 19.7 Å². The Kier molecular flexibility index (Phi) is 7.39. The van der Waals surface area contributed by atoms with Crippen molar-refractivity contribution >= 4 is 27.7 Å². The van der Waals surface area contributed by atoms with Gasteiger partial charge in [-0.3, -0.25) is 9.59 Å². The fourth-order valence-corrected chi connectivity index (χ4v) is 2.14. The van der Waals surface area contributed by atoms with Gasteiger partial charge in [-0.05, 0) is 44.5 Å². The van der Waals surface area contributed by atoms with Crippen molar-refractivity contribution in [1.82, 2.24) is 10.2 Å². The average Bonchev–Trinajstić information content (AvgIpc) is 2.45. The van der Waals surface area contributed by atoms with E-state index >= 15 is 0 Å². The lowest BCUT2D eigenvalue weighted by Crippen LogP contribution is -2.44. The quantitative estimate of drug-likeness (QED) is 0.782. The normalized spacial score (nSPS) is 10.5. The van der Waals surface area contributed by atoms with Gasteiger partial charge in [-0.1, -0.05) is 15.9 Å². The molecule has 0 aliphatic heterocycles. The maximum absolute atomic E-state index is 12.1. The number of carbonyl (C=O) groups excluding carboxylic acids is 2. The molecule has 5 nitrogen and oxygen atoms in total. The van der Waals surface area contributed by atoms with Gasteiger partial charge in [0.25, 0.3) is 5.91 Å². The smallest absolute Gasteiger partial charge is 0.251 e. The molecule has 0 heterocycles. The third-order valence-corrected chi connectivity index (χ3v) is 3.54. The fraction of sp³-hybridized carbons (Fsp3) is 0.467. The van der Waals surface area contributed by atoms with Gasteiger partial charge in [-0.15, -0.1) is 0 Å². The predicted octanol–water partition coefficient (Wildman–Crippen LogP) is 1.80. The van der Waals surface area contributed by atoms with Crippen LogP contribution in [0, 0.1) is 0 Å². The van der Waals surface area contributed by atoms with Crippen LogP contribution < -0.4 is 5.32 Å². The van der Waals surface area contributed by atoms with E-state index in [0.717, 1.165) is 4.47 Å². The van der Waals surface area contributed by atoms with E-state index in [1.807, 2.05) is 13.8 Å². The molecule has 1 aromatic carbocycles. The molecule has 0 saturated heterocycles. The molecule has 1 rings (SSSR count). The van der Waals surface area contributed by atoms with Crippen LogP contribution >= 0.6 is 15.9 Å². The summed E-state index contributed by atoms with van der Waals surface area (Å²) < 4.78 is 0.894. The molecule has 0 fully saturated rings. The van der Waals surface area contributed by atoms with Crippen molar-refractivity contribution < 1.29 is 14.7 Å². The van der Waals surface area contributed by atoms with Crippen LogP contribution in [0.25, 0.3) is 0 Å². The van der Waals surface area contributed by atoms with E-state index in [9.17, 15) is 9.59 Å². The van der Waals surface area contributed by atoms with Gasteiger partial charge in [0.15, 0.2) is 0 Å². The summed E-state index contributed by atoms with van der Waals surface area (Å²) >= 11 is 3.30. The Morgan fingerprint density at radius 2 is 1.90 bits per heavy atom. The number of aliphatic hydroxyl groups is 1. The van der Waals surface area contributed by atoms with Crippen LogP contribution in [-0.2, 0) is 4.79 Å². The first-order chi connectivity index (χ1) is 9.95. The van der Waals surface area contributed by atoms with Gasteiger partial charge in [-0.2, -0.15) is 0 Å². The van der Waals surface area contributed by atoms with Gasteiger partial charge in [0, 0.05) is 29.2 Å². The monoisotopic (exact) mass is 356 g/mol. The molecule has 0 radical (unpaired) electrons. The molecule has 2 N–H and O–H groups in total. The number of hydrogen-bond donors (Lipinski definition) is 2. The highest BCUT2D eigenvalue weighted by Gasteiger charge is 2.17. The Balaban J connectivity index is 2.54. The van der Waals surface area contributed by atoms with Gasteiger partial charge in [0.1, 0.15) is 0 Å². The van der Waals surface area contributed by atoms with Crippen molar-refractivity contribution in [2.24, 2.45) is 0 Å². The third kappa shape index (κ3) is 5.85.